The molecule has 1 unspecified atom stereocenters. The summed E-state index contributed by atoms with van der Waals surface area (Å²) in [6.07, 6.45) is 5.45. The van der Waals surface area contributed by atoms with Crippen LogP contribution in [-0.4, -0.2) is 38.5 Å². The van der Waals surface area contributed by atoms with Crippen molar-refractivity contribution in [3.05, 3.63) is 12.4 Å². The Kier molecular flexibility index (Phi) is 6.34. The third-order valence-electron chi connectivity index (χ3n) is 2.70. The number of aromatic nitrogens is 3. The molecule has 0 aliphatic heterocycles. The third kappa shape index (κ3) is 4.94. The van der Waals surface area contributed by atoms with Gasteiger partial charge in [0.1, 0.15) is 0 Å². The Morgan fingerprint density at radius 1 is 1.63 bits per heavy atom. The number of nitrogens with one attached hydrogen (secondary N) is 1. The molecule has 4 N–H and O–H groups in total. The Bertz CT molecular complexity index is 403. The zero-order valence-corrected chi connectivity index (χ0v) is 11.0. The van der Waals surface area contributed by atoms with E-state index < -0.39 is 5.92 Å². The summed E-state index contributed by atoms with van der Waals surface area (Å²) in [6.45, 7) is 3.13. The van der Waals surface area contributed by atoms with Gasteiger partial charge in [-0.25, -0.2) is 0 Å². The van der Waals surface area contributed by atoms with Crippen LogP contribution in [0, 0.1) is 5.92 Å². The first kappa shape index (κ1) is 14.9. The molecule has 0 bridgehead atoms. The van der Waals surface area contributed by atoms with Gasteiger partial charge in [0.25, 0.3) is 0 Å². The molecule has 8 nitrogen and oxygen atoms in total. The molecule has 0 fully saturated rings. The van der Waals surface area contributed by atoms with Crippen molar-refractivity contribution in [2.75, 3.05) is 6.54 Å². The van der Waals surface area contributed by atoms with Crippen LogP contribution in [0.5, 0.6) is 0 Å². The summed E-state index contributed by atoms with van der Waals surface area (Å²) < 4.78 is 1.69. The quantitative estimate of drug-likeness (QED) is 0.201. The van der Waals surface area contributed by atoms with E-state index in [1.807, 2.05) is 6.92 Å². The fourth-order valence-electron chi connectivity index (χ4n) is 1.70. The van der Waals surface area contributed by atoms with E-state index in [9.17, 15) is 4.79 Å². The highest BCUT2D eigenvalue weighted by atomic mass is 16.4. The van der Waals surface area contributed by atoms with Gasteiger partial charge in [0.15, 0.2) is 5.84 Å². The average molecular weight is 268 g/mol. The van der Waals surface area contributed by atoms with Gasteiger partial charge in [-0.1, -0.05) is 23.7 Å². The summed E-state index contributed by atoms with van der Waals surface area (Å²) >= 11 is 0. The number of oxime groups is 1. The minimum atomic E-state index is -0.568. The molecule has 0 radical (unpaired) electrons. The molecule has 0 aliphatic carbocycles. The maximum Gasteiger partial charge on any atom is 0.230 e. The monoisotopic (exact) mass is 268 g/mol. The number of nitrogens with two attached hydrogens (primary N) is 1. The van der Waals surface area contributed by atoms with E-state index in [1.54, 1.807) is 17.1 Å². The van der Waals surface area contributed by atoms with Crippen LogP contribution in [0.25, 0.3) is 0 Å². The molecule has 1 heterocycles. The van der Waals surface area contributed by atoms with E-state index in [4.69, 9.17) is 10.9 Å². The van der Waals surface area contributed by atoms with E-state index in [2.05, 4.69) is 20.8 Å². The van der Waals surface area contributed by atoms with Crippen LogP contribution in [0.15, 0.2) is 17.5 Å². The number of amides is 1. The van der Waals surface area contributed by atoms with Gasteiger partial charge in [0.05, 0.1) is 12.1 Å². The topological polar surface area (TPSA) is 118 Å². The first-order valence-electron chi connectivity index (χ1n) is 6.28. The Balaban J connectivity index is 2.32. The predicted octanol–water partition coefficient (Wildman–Crippen LogP) is -0.0529. The van der Waals surface area contributed by atoms with Crippen LogP contribution in [0.4, 0.5) is 0 Å². The molecular weight excluding hydrogens is 248 g/mol. The van der Waals surface area contributed by atoms with Crippen molar-refractivity contribution >= 4 is 11.7 Å². The van der Waals surface area contributed by atoms with Crippen molar-refractivity contribution in [1.29, 1.82) is 0 Å². The molecule has 1 rings (SSSR count). The van der Waals surface area contributed by atoms with Crippen molar-refractivity contribution < 1.29 is 10.0 Å². The highest BCUT2D eigenvalue weighted by Gasteiger charge is 2.21. The van der Waals surface area contributed by atoms with Crippen LogP contribution in [-0.2, 0) is 11.3 Å². The molecule has 1 aromatic rings. The average Bonchev–Trinajstić information content (AvgIpc) is 2.93. The molecule has 0 saturated carbocycles. The molecule has 19 heavy (non-hydrogen) atoms. The summed E-state index contributed by atoms with van der Waals surface area (Å²) in [4.78, 5) is 11.9. The first-order valence-corrected chi connectivity index (χ1v) is 6.28. The first-order chi connectivity index (χ1) is 9.19. The summed E-state index contributed by atoms with van der Waals surface area (Å²) in [5, 5.41) is 21.8. The molecule has 1 amide bonds. The fraction of sp³-hybridized carbons (Fsp3) is 0.636. The molecule has 0 spiro atoms. The smallest absolute Gasteiger partial charge is 0.230 e. The van der Waals surface area contributed by atoms with E-state index in [0.29, 0.717) is 19.5 Å². The second-order valence-electron chi connectivity index (χ2n) is 4.18. The second kappa shape index (κ2) is 8.06. The number of rotatable bonds is 8. The predicted molar refractivity (Wildman–Crippen MR) is 69.5 cm³/mol. The van der Waals surface area contributed by atoms with Gasteiger partial charge in [-0.3, -0.25) is 9.48 Å². The van der Waals surface area contributed by atoms with Crippen LogP contribution in [0.2, 0.25) is 0 Å². The van der Waals surface area contributed by atoms with Crippen molar-refractivity contribution in [3.63, 3.8) is 0 Å². The largest absolute Gasteiger partial charge is 0.409 e. The molecule has 0 aliphatic rings. The van der Waals surface area contributed by atoms with E-state index >= 15 is 0 Å². The lowest BCUT2D eigenvalue weighted by Gasteiger charge is -2.14. The third-order valence-corrected chi connectivity index (χ3v) is 2.70. The highest BCUT2D eigenvalue weighted by molar-refractivity contribution is 6.01. The minimum absolute atomic E-state index is 0.0457. The van der Waals surface area contributed by atoms with E-state index in [0.717, 1.165) is 12.8 Å². The SMILES string of the molecule is CCCC(C(=O)NCCCn1ccnn1)/C(N)=N/O. The zero-order chi connectivity index (χ0) is 14.1. The number of aryl methyl sites for hydroxylation is 1. The van der Waals surface area contributed by atoms with Crippen molar-refractivity contribution in [2.45, 2.75) is 32.7 Å². The molecule has 106 valence electrons. The summed E-state index contributed by atoms with van der Waals surface area (Å²) in [5.41, 5.74) is 5.50. The van der Waals surface area contributed by atoms with Gasteiger partial charge in [-0.15, -0.1) is 5.10 Å². The van der Waals surface area contributed by atoms with Gasteiger partial charge in [0, 0.05) is 19.3 Å². The Labute approximate surface area is 111 Å². The Morgan fingerprint density at radius 3 is 3.00 bits per heavy atom. The summed E-state index contributed by atoms with van der Waals surface area (Å²) in [5.74, 6) is -0.826. The second-order valence-corrected chi connectivity index (χ2v) is 4.18. The lowest BCUT2D eigenvalue weighted by atomic mass is 10.0. The maximum atomic E-state index is 11.9. The molecule has 8 heteroatoms. The van der Waals surface area contributed by atoms with Crippen molar-refractivity contribution in [2.24, 2.45) is 16.8 Å². The standard InChI is InChI=1S/C11H20N6O2/c1-2-4-9(10(12)15-19)11(18)13-5-3-7-17-8-6-14-16-17/h6,8-9,19H,2-5,7H2,1H3,(H2,12,15)(H,13,18). The van der Waals surface area contributed by atoms with Crippen molar-refractivity contribution in [3.8, 4) is 0 Å². The van der Waals surface area contributed by atoms with Crippen LogP contribution in [0.1, 0.15) is 26.2 Å². The molecule has 0 saturated heterocycles. The lowest BCUT2D eigenvalue weighted by Crippen LogP contribution is -2.39. The van der Waals surface area contributed by atoms with Gasteiger partial charge >= 0.3 is 0 Å². The molecule has 0 aromatic carbocycles. The van der Waals surface area contributed by atoms with E-state index in [-0.39, 0.29) is 11.7 Å². The normalized spacial score (nSPS) is 13.2. The number of carbonyl (C=O) groups excluding carboxylic acids is 1. The van der Waals surface area contributed by atoms with Gasteiger partial charge in [0.2, 0.25) is 5.91 Å². The summed E-state index contributed by atoms with van der Waals surface area (Å²) in [6, 6.07) is 0. The molecule has 1 aromatic heterocycles. The Hall–Kier alpha value is -2.12. The number of carbonyl (C=O) groups is 1. The van der Waals surface area contributed by atoms with Crippen LogP contribution >= 0.6 is 0 Å². The van der Waals surface area contributed by atoms with E-state index in [1.165, 1.54) is 0 Å². The fourth-order valence-corrected chi connectivity index (χ4v) is 1.70. The summed E-state index contributed by atoms with van der Waals surface area (Å²) in [7, 11) is 0. The zero-order valence-electron chi connectivity index (χ0n) is 11.0. The van der Waals surface area contributed by atoms with Crippen molar-refractivity contribution in [1.82, 2.24) is 20.3 Å². The molecular formula is C11H20N6O2. The number of hydrogen-bond donors (Lipinski definition) is 3. The minimum Gasteiger partial charge on any atom is -0.409 e. The number of nitrogens with zero attached hydrogens (tertiary/aromatic N) is 4. The maximum absolute atomic E-state index is 11.9. The molecule has 1 atom stereocenters. The number of hydrogen-bond acceptors (Lipinski definition) is 5. The lowest BCUT2D eigenvalue weighted by molar-refractivity contribution is -0.123. The van der Waals surface area contributed by atoms with Gasteiger partial charge < -0.3 is 16.3 Å². The van der Waals surface area contributed by atoms with Gasteiger partial charge in [-0.05, 0) is 12.8 Å². The highest BCUT2D eigenvalue weighted by Crippen LogP contribution is 2.06. The number of amidine groups is 1. The Morgan fingerprint density at radius 2 is 2.42 bits per heavy atom. The van der Waals surface area contributed by atoms with Crippen LogP contribution in [0.3, 0.4) is 0 Å². The van der Waals surface area contributed by atoms with Crippen LogP contribution < -0.4 is 11.1 Å². The van der Waals surface area contributed by atoms with Gasteiger partial charge in [-0.2, -0.15) is 0 Å².